The SMILES string of the molecule is CCCCCCCCCCCCCCC=CO[C@H](COC(=O)CCCCCCCCCCCCCCC)COP(=O)(O)OCCN. The Balaban J connectivity index is 4.11. The van der Waals surface area contributed by atoms with Gasteiger partial charge in [-0.2, -0.15) is 0 Å². The number of carbonyl (C=O) groups excluding carboxylic acids is 1. The van der Waals surface area contributed by atoms with Crippen LogP contribution in [0.3, 0.4) is 0 Å². The predicted molar refractivity (Wildman–Crippen MR) is 192 cm³/mol. The standard InChI is InChI=1S/C37H74NO7P/c1-3-5-7-9-11-13-15-17-19-21-23-25-27-29-32-42-36(35-45-46(40,41)44-33-31-38)34-43-37(39)30-28-26-24-22-20-18-16-14-12-10-8-6-4-2/h29,32,36H,3-28,30-31,33-35,38H2,1-2H3,(H,40,41)/t36-/m1/s1. The van der Waals surface area contributed by atoms with E-state index in [1.807, 2.05) is 6.08 Å². The molecule has 0 aliphatic heterocycles. The number of esters is 1. The minimum absolute atomic E-state index is 0.0584. The van der Waals surface area contributed by atoms with Gasteiger partial charge in [0.2, 0.25) is 0 Å². The number of hydrogen-bond donors (Lipinski definition) is 2. The molecule has 0 aromatic carbocycles. The molecule has 0 radical (unpaired) electrons. The Hall–Kier alpha value is -0.920. The lowest BCUT2D eigenvalue weighted by atomic mass is 10.0. The zero-order valence-electron chi connectivity index (χ0n) is 30.1. The van der Waals surface area contributed by atoms with E-state index in [1.165, 1.54) is 135 Å². The van der Waals surface area contributed by atoms with Crippen molar-refractivity contribution >= 4 is 13.8 Å². The second kappa shape index (κ2) is 35.4. The summed E-state index contributed by atoms with van der Waals surface area (Å²) in [6.45, 7) is 4.23. The molecule has 0 bridgehead atoms. The van der Waals surface area contributed by atoms with E-state index in [9.17, 15) is 14.3 Å². The molecule has 0 heterocycles. The fourth-order valence-corrected chi connectivity index (χ4v) is 6.16. The fourth-order valence-electron chi connectivity index (χ4n) is 5.39. The van der Waals surface area contributed by atoms with E-state index in [4.69, 9.17) is 24.3 Å². The van der Waals surface area contributed by atoms with Crippen LogP contribution in [0, 0.1) is 0 Å². The number of ether oxygens (including phenoxy) is 2. The van der Waals surface area contributed by atoms with Gasteiger partial charge >= 0.3 is 13.8 Å². The van der Waals surface area contributed by atoms with E-state index in [0.29, 0.717) is 6.42 Å². The molecule has 0 aromatic heterocycles. The van der Waals surface area contributed by atoms with Crippen LogP contribution in [0.15, 0.2) is 12.3 Å². The van der Waals surface area contributed by atoms with Crippen molar-refractivity contribution in [2.75, 3.05) is 26.4 Å². The van der Waals surface area contributed by atoms with Crippen molar-refractivity contribution in [2.24, 2.45) is 5.73 Å². The zero-order chi connectivity index (χ0) is 33.8. The minimum Gasteiger partial charge on any atom is -0.492 e. The molecule has 0 aliphatic carbocycles. The average molecular weight is 676 g/mol. The maximum atomic E-state index is 12.3. The summed E-state index contributed by atoms with van der Waals surface area (Å²) >= 11 is 0. The van der Waals surface area contributed by atoms with Crippen molar-refractivity contribution < 1.29 is 32.8 Å². The lowest BCUT2D eigenvalue weighted by Crippen LogP contribution is -2.25. The molecule has 274 valence electrons. The Labute approximate surface area is 283 Å². The zero-order valence-corrected chi connectivity index (χ0v) is 31.0. The summed E-state index contributed by atoms with van der Waals surface area (Å²) in [5.41, 5.74) is 5.35. The normalized spacial score (nSPS) is 13.7. The van der Waals surface area contributed by atoms with Crippen molar-refractivity contribution in [1.29, 1.82) is 0 Å². The van der Waals surface area contributed by atoms with Gasteiger partial charge in [-0.25, -0.2) is 4.57 Å². The van der Waals surface area contributed by atoms with Gasteiger partial charge in [-0.05, 0) is 25.3 Å². The molecule has 0 aromatic rings. The molecule has 0 spiro atoms. The number of carbonyl (C=O) groups is 1. The Kier molecular flexibility index (Phi) is 34.7. The van der Waals surface area contributed by atoms with Crippen LogP contribution >= 0.6 is 7.82 Å². The molecule has 8 nitrogen and oxygen atoms in total. The van der Waals surface area contributed by atoms with Gasteiger partial charge in [-0.3, -0.25) is 13.8 Å². The summed E-state index contributed by atoms with van der Waals surface area (Å²) < 4.78 is 33.1. The average Bonchev–Trinajstić information content (AvgIpc) is 3.05. The molecule has 0 aliphatic rings. The molecular formula is C37H74NO7P. The maximum Gasteiger partial charge on any atom is 0.472 e. The Morgan fingerprint density at radius 3 is 1.54 bits per heavy atom. The molecule has 0 amide bonds. The van der Waals surface area contributed by atoms with Crippen molar-refractivity contribution in [3.05, 3.63) is 12.3 Å². The number of unbranched alkanes of at least 4 members (excludes halogenated alkanes) is 24. The second-order valence-electron chi connectivity index (χ2n) is 12.9. The van der Waals surface area contributed by atoms with Gasteiger partial charge in [0.1, 0.15) is 6.61 Å². The number of hydrogen-bond acceptors (Lipinski definition) is 7. The van der Waals surface area contributed by atoms with Crippen LogP contribution in [-0.2, 0) is 27.9 Å². The third-order valence-electron chi connectivity index (χ3n) is 8.30. The van der Waals surface area contributed by atoms with Gasteiger partial charge in [-0.1, -0.05) is 162 Å². The first-order chi connectivity index (χ1) is 22.4. The predicted octanol–water partition coefficient (Wildman–Crippen LogP) is 11.1. The quantitative estimate of drug-likeness (QED) is 0.0289. The van der Waals surface area contributed by atoms with E-state index < -0.39 is 13.9 Å². The Bertz CT molecular complexity index is 722. The number of allylic oxidation sites excluding steroid dienone is 1. The second-order valence-corrected chi connectivity index (χ2v) is 14.3. The van der Waals surface area contributed by atoms with Gasteiger partial charge in [0.25, 0.3) is 0 Å². The lowest BCUT2D eigenvalue weighted by Gasteiger charge is -2.19. The molecular weight excluding hydrogens is 601 g/mol. The molecule has 0 saturated heterocycles. The summed E-state index contributed by atoms with van der Waals surface area (Å²) in [4.78, 5) is 22.2. The minimum atomic E-state index is -4.25. The maximum absolute atomic E-state index is 12.3. The highest BCUT2D eigenvalue weighted by Crippen LogP contribution is 2.43. The Morgan fingerprint density at radius 1 is 0.652 bits per heavy atom. The van der Waals surface area contributed by atoms with Crippen LogP contribution in [0.5, 0.6) is 0 Å². The van der Waals surface area contributed by atoms with E-state index in [0.717, 1.165) is 32.1 Å². The van der Waals surface area contributed by atoms with Crippen molar-refractivity contribution in [3.8, 4) is 0 Å². The number of phosphoric ester groups is 1. The molecule has 0 rings (SSSR count). The monoisotopic (exact) mass is 676 g/mol. The summed E-state index contributed by atoms with van der Waals surface area (Å²) in [5.74, 6) is -0.288. The van der Waals surface area contributed by atoms with E-state index in [1.54, 1.807) is 6.26 Å². The highest BCUT2D eigenvalue weighted by molar-refractivity contribution is 7.47. The summed E-state index contributed by atoms with van der Waals surface area (Å²) in [6.07, 6.45) is 36.0. The molecule has 9 heteroatoms. The third kappa shape index (κ3) is 34.4. The number of phosphoric acid groups is 1. The van der Waals surface area contributed by atoms with Gasteiger partial charge < -0.3 is 20.1 Å². The molecule has 1 unspecified atom stereocenters. The van der Waals surface area contributed by atoms with Crippen LogP contribution < -0.4 is 5.73 Å². The third-order valence-corrected chi connectivity index (χ3v) is 9.29. The molecule has 0 fully saturated rings. The van der Waals surface area contributed by atoms with E-state index in [-0.39, 0.29) is 32.3 Å². The highest BCUT2D eigenvalue weighted by atomic mass is 31.2. The van der Waals surface area contributed by atoms with Crippen LogP contribution in [0.1, 0.15) is 187 Å². The first-order valence-electron chi connectivity index (χ1n) is 19.2. The van der Waals surface area contributed by atoms with Crippen molar-refractivity contribution in [1.82, 2.24) is 0 Å². The van der Waals surface area contributed by atoms with Crippen LogP contribution in [0.2, 0.25) is 0 Å². The summed E-state index contributed by atoms with van der Waals surface area (Å²) in [7, 11) is -4.25. The van der Waals surface area contributed by atoms with E-state index in [2.05, 4.69) is 13.8 Å². The topological polar surface area (TPSA) is 117 Å². The van der Waals surface area contributed by atoms with Crippen LogP contribution in [-0.4, -0.2) is 43.3 Å². The van der Waals surface area contributed by atoms with Crippen LogP contribution in [0.25, 0.3) is 0 Å². The number of rotatable bonds is 37. The fraction of sp³-hybridized carbons (Fsp3) is 0.919. The Morgan fingerprint density at radius 2 is 1.09 bits per heavy atom. The molecule has 3 N–H and O–H groups in total. The van der Waals surface area contributed by atoms with Crippen molar-refractivity contribution in [3.63, 3.8) is 0 Å². The van der Waals surface area contributed by atoms with Crippen molar-refractivity contribution in [2.45, 2.75) is 193 Å². The van der Waals surface area contributed by atoms with Crippen LogP contribution in [0.4, 0.5) is 0 Å². The molecule has 2 atom stereocenters. The number of nitrogens with two attached hydrogens (primary N) is 1. The van der Waals surface area contributed by atoms with Gasteiger partial charge in [-0.15, -0.1) is 0 Å². The first-order valence-corrected chi connectivity index (χ1v) is 20.7. The molecule has 46 heavy (non-hydrogen) atoms. The van der Waals surface area contributed by atoms with Gasteiger partial charge in [0.05, 0.1) is 19.5 Å². The molecule has 0 saturated carbocycles. The summed E-state index contributed by atoms with van der Waals surface area (Å²) in [6, 6.07) is 0. The smallest absolute Gasteiger partial charge is 0.472 e. The first kappa shape index (κ1) is 45.1. The largest absolute Gasteiger partial charge is 0.492 e. The highest BCUT2D eigenvalue weighted by Gasteiger charge is 2.24. The van der Waals surface area contributed by atoms with E-state index >= 15 is 0 Å². The lowest BCUT2D eigenvalue weighted by molar-refractivity contribution is -0.147. The summed E-state index contributed by atoms with van der Waals surface area (Å²) in [5, 5.41) is 0. The van der Waals surface area contributed by atoms with Gasteiger partial charge in [0, 0.05) is 13.0 Å². The van der Waals surface area contributed by atoms with Gasteiger partial charge in [0.15, 0.2) is 6.10 Å².